The Hall–Kier alpha value is -2.75. The predicted octanol–water partition coefficient (Wildman–Crippen LogP) is 3.63. The van der Waals surface area contributed by atoms with E-state index in [4.69, 9.17) is 5.73 Å². The molecule has 0 atom stereocenters. The Morgan fingerprint density at radius 3 is 2.62 bits per heavy atom. The lowest BCUT2D eigenvalue weighted by Crippen LogP contribution is -2.11. The Morgan fingerprint density at radius 2 is 1.81 bits per heavy atom. The molecule has 3 rings (SSSR count). The normalized spacial score (nSPS) is 10.6. The summed E-state index contributed by atoms with van der Waals surface area (Å²) >= 11 is 0. The van der Waals surface area contributed by atoms with Crippen molar-refractivity contribution in [1.29, 1.82) is 0 Å². The zero-order chi connectivity index (χ0) is 14.8. The molecule has 2 aromatic carbocycles. The second-order valence-corrected chi connectivity index (χ2v) is 5.16. The van der Waals surface area contributed by atoms with Crippen LogP contribution in [0.1, 0.15) is 0 Å². The lowest BCUT2D eigenvalue weighted by molar-refractivity contribution is 1.13. The first-order valence-electron chi connectivity index (χ1n) is 6.82. The van der Waals surface area contributed by atoms with E-state index in [1.54, 1.807) is 6.20 Å². The van der Waals surface area contributed by atoms with Gasteiger partial charge < -0.3 is 16.0 Å². The summed E-state index contributed by atoms with van der Waals surface area (Å²) in [7, 11) is 4.05. The Balaban J connectivity index is 2.05. The first-order chi connectivity index (χ1) is 10.2. The first kappa shape index (κ1) is 13.2. The number of fused-ring (bicyclic) bond motifs is 1. The van der Waals surface area contributed by atoms with Crippen LogP contribution in [0.4, 0.5) is 22.7 Å². The molecular formula is C17H18N4. The van der Waals surface area contributed by atoms with Gasteiger partial charge in [0.05, 0.1) is 22.7 Å². The maximum atomic E-state index is 6.29. The minimum Gasteiger partial charge on any atom is -0.397 e. The van der Waals surface area contributed by atoms with E-state index in [1.165, 1.54) is 0 Å². The van der Waals surface area contributed by atoms with Crippen molar-refractivity contribution in [1.82, 2.24) is 4.98 Å². The Morgan fingerprint density at radius 1 is 1.00 bits per heavy atom. The van der Waals surface area contributed by atoms with E-state index in [-0.39, 0.29) is 0 Å². The van der Waals surface area contributed by atoms with Gasteiger partial charge in [-0.1, -0.05) is 18.2 Å². The van der Waals surface area contributed by atoms with Crippen LogP contribution in [0.25, 0.3) is 10.8 Å². The molecular weight excluding hydrogens is 260 g/mol. The maximum absolute atomic E-state index is 6.29. The van der Waals surface area contributed by atoms with E-state index < -0.39 is 0 Å². The molecule has 3 aromatic rings. The molecule has 0 aliphatic heterocycles. The number of rotatable bonds is 3. The molecule has 0 bridgehead atoms. The van der Waals surface area contributed by atoms with Gasteiger partial charge in [-0.25, -0.2) is 0 Å². The van der Waals surface area contributed by atoms with Gasteiger partial charge in [-0.3, -0.25) is 4.98 Å². The number of nitrogen functional groups attached to an aromatic ring is 1. The fourth-order valence-corrected chi connectivity index (χ4v) is 2.42. The molecule has 0 amide bonds. The molecule has 1 aromatic heterocycles. The van der Waals surface area contributed by atoms with Crippen LogP contribution >= 0.6 is 0 Å². The number of benzene rings is 2. The van der Waals surface area contributed by atoms with Gasteiger partial charge >= 0.3 is 0 Å². The standard InChI is InChI=1S/C17H18N4/c1-21(2)16-6-4-3-5-14(16)20-15-8-7-12-11-19-10-9-13(12)17(15)18/h3-11,20H,18H2,1-2H3. The first-order valence-corrected chi connectivity index (χ1v) is 6.82. The lowest BCUT2D eigenvalue weighted by Gasteiger charge is -2.19. The molecule has 0 radical (unpaired) electrons. The fourth-order valence-electron chi connectivity index (χ4n) is 2.42. The van der Waals surface area contributed by atoms with Gasteiger partial charge in [0, 0.05) is 37.3 Å². The number of para-hydroxylation sites is 2. The molecule has 0 unspecified atom stereocenters. The van der Waals surface area contributed by atoms with Gasteiger partial charge in [0.15, 0.2) is 0 Å². The second-order valence-electron chi connectivity index (χ2n) is 5.16. The Bertz CT molecular complexity index is 781. The van der Waals surface area contributed by atoms with E-state index in [2.05, 4.69) is 21.3 Å². The quantitative estimate of drug-likeness (QED) is 0.718. The molecule has 0 aliphatic rings. The third-order valence-corrected chi connectivity index (χ3v) is 3.52. The number of anilines is 4. The number of hydrogen-bond acceptors (Lipinski definition) is 4. The number of nitrogens with zero attached hydrogens (tertiary/aromatic N) is 2. The highest BCUT2D eigenvalue weighted by molar-refractivity contribution is 5.99. The molecule has 4 nitrogen and oxygen atoms in total. The summed E-state index contributed by atoms with van der Waals surface area (Å²) < 4.78 is 0. The number of pyridine rings is 1. The Kier molecular flexibility index (Phi) is 3.36. The van der Waals surface area contributed by atoms with Crippen molar-refractivity contribution in [2.45, 2.75) is 0 Å². The molecule has 0 aliphatic carbocycles. The SMILES string of the molecule is CN(C)c1ccccc1Nc1ccc2cnccc2c1N. The van der Waals surface area contributed by atoms with Crippen LogP contribution in [-0.4, -0.2) is 19.1 Å². The molecule has 0 saturated heterocycles. The van der Waals surface area contributed by atoms with Crippen molar-refractivity contribution in [2.24, 2.45) is 0 Å². The van der Waals surface area contributed by atoms with Gasteiger partial charge in [-0.2, -0.15) is 0 Å². The summed E-state index contributed by atoms with van der Waals surface area (Å²) in [5, 5.41) is 5.48. The minimum absolute atomic E-state index is 0.739. The van der Waals surface area contributed by atoms with Gasteiger partial charge in [-0.05, 0) is 24.3 Å². The topological polar surface area (TPSA) is 54.2 Å². The highest BCUT2D eigenvalue weighted by Gasteiger charge is 2.08. The summed E-state index contributed by atoms with van der Waals surface area (Å²) in [4.78, 5) is 6.20. The fraction of sp³-hybridized carbons (Fsp3) is 0.118. The lowest BCUT2D eigenvalue weighted by atomic mass is 10.1. The summed E-state index contributed by atoms with van der Waals surface area (Å²) in [5.74, 6) is 0. The van der Waals surface area contributed by atoms with Crippen LogP contribution in [0.15, 0.2) is 54.9 Å². The summed E-state index contributed by atoms with van der Waals surface area (Å²) in [6.45, 7) is 0. The predicted molar refractivity (Wildman–Crippen MR) is 90.2 cm³/mol. The number of aromatic nitrogens is 1. The monoisotopic (exact) mass is 278 g/mol. The molecule has 0 fully saturated rings. The molecule has 21 heavy (non-hydrogen) atoms. The third kappa shape index (κ3) is 2.48. The molecule has 106 valence electrons. The van der Waals surface area contributed by atoms with Crippen molar-refractivity contribution in [3.05, 3.63) is 54.9 Å². The summed E-state index contributed by atoms with van der Waals surface area (Å²) in [5.41, 5.74) is 10.1. The van der Waals surface area contributed by atoms with Crippen LogP contribution in [-0.2, 0) is 0 Å². The maximum Gasteiger partial charge on any atom is 0.0634 e. The van der Waals surface area contributed by atoms with Gasteiger partial charge in [0.2, 0.25) is 0 Å². The van der Waals surface area contributed by atoms with Crippen molar-refractivity contribution in [2.75, 3.05) is 30.0 Å². The molecule has 0 spiro atoms. The van der Waals surface area contributed by atoms with E-state index in [0.717, 1.165) is 33.5 Å². The number of hydrogen-bond donors (Lipinski definition) is 2. The van der Waals surface area contributed by atoms with Gasteiger partial charge in [-0.15, -0.1) is 0 Å². The molecule has 0 saturated carbocycles. The highest BCUT2D eigenvalue weighted by atomic mass is 15.1. The van der Waals surface area contributed by atoms with Crippen LogP contribution in [0.3, 0.4) is 0 Å². The average Bonchev–Trinajstić information content (AvgIpc) is 2.51. The largest absolute Gasteiger partial charge is 0.397 e. The number of nitrogens with two attached hydrogens (primary N) is 1. The molecule has 3 N–H and O–H groups in total. The summed E-state index contributed by atoms with van der Waals surface area (Å²) in [6.07, 6.45) is 3.58. The third-order valence-electron chi connectivity index (χ3n) is 3.52. The molecule has 1 heterocycles. The average molecular weight is 278 g/mol. The van der Waals surface area contributed by atoms with Crippen molar-refractivity contribution in [3.63, 3.8) is 0 Å². The van der Waals surface area contributed by atoms with Crippen LogP contribution in [0.2, 0.25) is 0 Å². The molecule has 4 heteroatoms. The van der Waals surface area contributed by atoms with Gasteiger partial charge in [0.1, 0.15) is 0 Å². The van der Waals surface area contributed by atoms with Crippen LogP contribution < -0.4 is 16.0 Å². The van der Waals surface area contributed by atoms with E-state index in [9.17, 15) is 0 Å². The zero-order valence-electron chi connectivity index (χ0n) is 12.2. The van der Waals surface area contributed by atoms with Crippen LogP contribution in [0.5, 0.6) is 0 Å². The zero-order valence-corrected chi connectivity index (χ0v) is 12.2. The van der Waals surface area contributed by atoms with Crippen molar-refractivity contribution in [3.8, 4) is 0 Å². The summed E-state index contributed by atoms with van der Waals surface area (Å²) in [6, 6.07) is 14.1. The van der Waals surface area contributed by atoms with E-state index >= 15 is 0 Å². The smallest absolute Gasteiger partial charge is 0.0634 e. The second kappa shape index (κ2) is 5.32. The van der Waals surface area contributed by atoms with Crippen molar-refractivity contribution >= 4 is 33.5 Å². The minimum atomic E-state index is 0.739. The Labute approximate surface area is 124 Å². The van der Waals surface area contributed by atoms with Crippen LogP contribution in [0, 0.1) is 0 Å². The van der Waals surface area contributed by atoms with E-state index in [0.29, 0.717) is 0 Å². The number of nitrogens with one attached hydrogen (secondary N) is 1. The highest BCUT2D eigenvalue weighted by Crippen LogP contribution is 2.33. The van der Waals surface area contributed by atoms with E-state index in [1.807, 2.05) is 56.7 Å². The van der Waals surface area contributed by atoms with Crippen molar-refractivity contribution < 1.29 is 0 Å². The van der Waals surface area contributed by atoms with Gasteiger partial charge in [0.25, 0.3) is 0 Å².